The van der Waals surface area contributed by atoms with E-state index in [9.17, 15) is 0 Å². The van der Waals surface area contributed by atoms with E-state index in [-0.39, 0.29) is 0 Å². The van der Waals surface area contributed by atoms with Gasteiger partial charge < -0.3 is 4.42 Å². The van der Waals surface area contributed by atoms with Crippen molar-refractivity contribution in [2.75, 3.05) is 0 Å². The van der Waals surface area contributed by atoms with Crippen LogP contribution in [0.15, 0.2) is 156 Å². The van der Waals surface area contributed by atoms with Crippen LogP contribution in [0.1, 0.15) is 0 Å². The smallest absolute Gasteiger partial charge is 0.164 e. The third-order valence-corrected chi connectivity index (χ3v) is 8.39. The van der Waals surface area contributed by atoms with Crippen molar-refractivity contribution < 1.29 is 4.42 Å². The van der Waals surface area contributed by atoms with Crippen LogP contribution in [-0.2, 0) is 0 Å². The second-order valence-electron chi connectivity index (χ2n) is 11.3. The average Bonchev–Trinajstić information content (AvgIpc) is 3.53. The monoisotopic (exact) mass is 603 g/mol. The molecule has 0 spiro atoms. The Bertz CT molecular complexity index is 2520. The van der Waals surface area contributed by atoms with Crippen molar-refractivity contribution in [1.29, 1.82) is 0 Å². The van der Waals surface area contributed by atoms with Crippen LogP contribution in [0.25, 0.3) is 89.5 Å². The summed E-state index contributed by atoms with van der Waals surface area (Å²) in [4.78, 5) is 24.8. The summed E-state index contributed by atoms with van der Waals surface area (Å²) in [6.45, 7) is 0. The van der Waals surface area contributed by atoms with Gasteiger partial charge in [-0.05, 0) is 41.3 Å². The lowest BCUT2D eigenvalue weighted by atomic mass is 9.97. The molecule has 0 aliphatic carbocycles. The molecule has 9 aromatic rings. The molecule has 0 aliphatic rings. The van der Waals surface area contributed by atoms with Crippen LogP contribution in [0.2, 0.25) is 0 Å². The average molecular weight is 604 g/mol. The molecule has 0 unspecified atom stereocenters. The molecule has 0 bridgehead atoms. The molecule has 6 heteroatoms. The first-order valence-corrected chi connectivity index (χ1v) is 15.4. The van der Waals surface area contributed by atoms with Gasteiger partial charge in [-0.2, -0.15) is 0 Å². The van der Waals surface area contributed by atoms with E-state index < -0.39 is 0 Å². The Morgan fingerprint density at radius 3 is 1.70 bits per heavy atom. The normalized spacial score (nSPS) is 11.4. The standard InChI is InChI=1S/C41H25N5O/c1-3-12-26(13-4-1)39-44-40(27-14-5-2-6-15-27)46-41(45-39)29-17-11-16-28(24-29)33-25-42-37(31-19-8-7-18-30(31)33)34-22-23-36-38(43-34)32-20-9-10-21-35(32)47-36/h1-25H. The quantitative estimate of drug-likeness (QED) is 0.195. The fourth-order valence-corrected chi connectivity index (χ4v) is 6.11. The minimum atomic E-state index is 0.610. The van der Waals surface area contributed by atoms with E-state index in [4.69, 9.17) is 29.3 Å². The highest BCUT2D eigenvalue weighted by atomic mass is 16.3. The molecule has 47 heavy (non-hydrogen) atoms. The molecule has 220 valence electrons. The van der Waals surface area contributed by atoms with Crippen molar-refractivity contribution in [2.45, 2.75) is 0 Å². The summed E-state index contributed by atoms with van der Waals surface area (Å²) < 4.78 is 6.02. The van der Waals surface area contributed by atoms with Gasteiger partial charge in [0.25, 0.3) is 0 Å². The number of fused-ring (bicyclic) bond motifs is 4. The van der Waals surface area contributed by atoms with E-state index in [0.29, 0.717) is 17.5 Å². The summed E-state index contributed by atoms with van der Waals surface area (Å²) in [6.07, 6.45) is 1.94. The summed E-state index contributed by atoms with van der Waals surface area (Å²) in [5, 5.41) is 3.10. The number of hydrogen-bond donors (Lipinski definition) is 0. The van der Waals surface area contributed by atoms with E-state index in [0.717, 1.165) is 72.0 Å². The Balaban J connectivity index is 1.17. The Morgan fingerprint density at radius 1 is 0.404 bits per heavy atom. The van der Waals surface area contributed by atoms with Crippen molar-refractivity contribution in [3.05, 3.63) is 152 Å². The van der Waals surface area contributed by atoms with E-state index >= 15 is 0 Å². The van der Waals surface area contributed by atoms with Gasteiger partial charge in [0, 0.05) is 39.2 Å². The van der Waals surface area contributed by atoms with Crippen LogP contribution in [-0.4, -0.2) is 24.9 Å². The van der Waals surface area contributed by atoms with Crippen molar-refractivity contribution in [3.8, 4) is 56.7 Å². The van der Waals surface area contributed by atoms with E-state index in [1.165, 1.54) is 0 Å². The van der Waals surface area contributed by atoms with Gasteiger partial charge in [-0.25, -0.2) is 19.9 Å². The number of benzene rings is 5. The number of hydrogen-bond acceptors (Lipinski definition) is 6. The number of pyridine rings is 2. The van der Waals surface area contributed by atoms with Gasteiger partial charge in [0.2, 0.25) is 0 Å². The topological polar surface area (TPSA) is 77.6 Å². The highest BCUT2D eigenvalue weighted by molar-refractivity contribution is 6.06. The van der Waals surface area contributed by atoms with Crippen LogP contribution in [0.4, 0.5) is 0 Å². The van der Waals surface area contributed by atoms with Crippen molar-refractivity contribution >= 4 is 32.8 Å². The summed E-state index contributed by atoms with van der Waals surface area (Å²) in [6, 6.07) is 48.6. The highest BCUT2D eigenvalue weighted by Gasteiger charge is 2.17. The molecule has 0 aliphatic heterocycles. The van der Waals surface area contributed by atoms with Crippen LogP contribution in [0.3, 0.4) is 0 Å². The van der Waals surface area contributed by atoms with Gasteiger partial charge in [-0.1, -0.05) is 115 Å². The lowest BCUT2D eigenvalue weighted by molar-refractivity contribution is 0.668. The van der Waals surface area contributed by atoms with Crippen LogP contribution in [0.5, 0.6) is 0 Å². The molecule has 0 saturated heterocycles. The Labute approximate surface area is 270 Å². The van der Waals surface area contributed by atoms with E-state index in [2.05, 4.69) is 30.3 Å². The third-order valence-electron chi connectivity index (χ3n) is 8.39. The first-order chi connectivity index (χ1) is 23.3. The van der Waals surface area contributed by atoms with Gasteiger partial charge in [-0.15, -0.1) is 0 Å². The Morgan fingerprint density at radius 2 is 0.979 bits per heavy atom. The van der Waals surface area contributed by atoms with E-state index in [1.807, 2.05) is 121 Å². The second-order valence-corrected chi connectivity index (χ2v) is 11.3. The van der Waals surface area contributed by atoms with Gasteiger partial charge >= 0.3 is 0 Å². The molecule has 0 atom stereocenters. The minimum absolute atomic E-state index is 0.610. The lowest BCUT2D eigenvalue weighted by Gasteiger charge is -2.12. The first-order valence-electron chi connectivity index (χ1n) is 15.4. The Kier molecular flexibility index (Phi) is 6.35. The van der Waals surface area contributed by atoms with Gasteiger partial charge in [-0.3, -0.25) is 4.98 Å². The largest absolute Gasteiger partial charge is 0.454 e. The van der Waals surface area contributed by atoms with Crippen LogP contribution in [0, 0.1) is 0 Å². The summed E-state index contributed by atoms with van der Waals surface area (Å²) in [5.74, 6) is 1.87. The number of rotatable bonds is 5. The maximum atomic E-state index is 6.02. The Hall–Kier alpha value is -6.53. The SMILES string of the molecule is c1ccc(-c2nc(-c3ccccc3)nc(-c3cccc(-c4cnc(-c5ccc6oc7ccccc7c6n5)c5ccccc45)c3)n2)cc1. The van der Waals surface area contributed by atoms with Crippen molar-refractivity contribution in [1.82, 2.24) is 24.9 Å². The molecule has 0 N–H and O–H groups in total. The first kappa shape index (κ1) is 26.8. The number of furan rings is 1. The molecule has 4 heterocycles. The van der Waals surface area contributed by atoms with E-state index in [1.54, 1.807) is 0 Å². The fraction of sp³-hybridized carbons (Fsp3) is 0. The zero-order valence-electron chi connectivity index (χ0n) is 25.1. The number of aromatic nitrogens is 5. The molecule has 0 amide bonds. The predicted molar refractivity (Wildman–Crippen MR) is 187 cm³/mol. The molecule has 0 saturated carbocycles. The van der Waals surface area contributed by atoms with Crippen LogP contribution >= 0.6 is 0 Å². The second kappa shape index (κ2) is 11.1. The molecular formula is C41H25N5O. The molecule has 9 rings (SSSR count). The summed E-state index contributed by atoms with van der Waals surface area (Å²) in [5.41, 5.74) is 8.84. The molecule has 4 aromatic heterocycles. The summed E-state index contributed by atoms with van der Waals surface area (Å²) in [7, 11) is 0. The van der Waals surface area contributed by atoms with Gasteiger partial charge in [0.05, 0.1) is 11.4 Å². The zero-order chi connectivity index (χ0) is 31.2. The molecule has 0 radical (unpaired) electrons. The third kappa shape index (κ3) is 4.80. The molecule has 5 aromatic carbocycles. The van der Waals surface area contributed by atoms with Gasteiger partial charge in [0.15, 0.2) is 23.1 Å². The fourth-order valence-electron chi connectivity index (χ4n) is 6.11. The maximum absolute atomic E-state index is 6.02. The van der Waals surface area contributed by atoms with Crippen LogP contribution < -0.4 is 0 Å². The van der Waals surface area contributed by atoms with Crippen molar-refractivity contribution in [3.63, 3.8) is 0 Å². The number of para-hydroxylation sites is 1. The van der Waals surface area contributed by atoms with Crippen molar-refractivity contribution in [2.24, 2.45) is 0 Å². The summed E-state index contributed by atoms with van der Waals surface area (Å²) >= 11 is 0. The van der Waals surface area contributed by atoms with Gasteiger partial charge in [0.1, 0.15) is 11.1 Å². The highest BCUT2D eigenvalue weighted by Crippen LogP contribution is 2.36. The zero-order valence-corrected chi connectivity index (χ0v) is 25.1. The predicted octanol–water partition coefficient (Wildman–Crippen LogP) is 10.0. The lowest BCUT2D eigenvalue weighted by Crippen LogP contribution is -2.00. The maximum Gasteiger partial charge on any atom is 0.164 e. The molecule has 6 nitrogen and oxygen atoms in total. The molecular weight excluding hydrogens is 578 g/mol. The number of nitrogens with zero attached hydrogens (tertiary/aromatic N) is 5. The molecule has 0 fully saturated rings. The minimum Gasteiger partial charge on any atom is -0.454 e.